The molecule has 2 fully saturated rings. The number of piperidine rings is 1. The molecule has 5 atom stereocenters. The molecule has 1 aliphatic carbocycles. The van der Waals surface area contributed by atoms with Crippen LogP contribution in [0.2, 0.25) is 0 Å². The maximum atomic E-state index is 15.1. The van der Waals surface area contributed by atoms with E-state index in [0.717, 1.165) is 5.39 Å². The second kappa shape index (κ2) is 11.9. The van der Waals surface area contributed by atoms with Gasteiger partial charge in [-0.15, -0.1) is 0 Å². The van der Waals surface area contributed by atoms with E-state index in [0.29, 0.717) is 77.7 Å². The summed E-state index contributed by atoms with van der Waals surface area (Å²) in [4.78, 5) is 38.1. The van der Waals surface area contributed by atoms with Gasteiger partial charge in [0, 0.05) is 69.5 Å². The molecule has 0 radical (unpaired) electrons. The van der Waals surface area contributed by atoms with Crippen molar-refractivity contribution < 1.29 is 27.8 Å². The van der Waals surface area contributed by atoms with E-state index in [2.05, 4.69) is 5.32 Å². The van der Waals surface area contributed by atoms with Crippen LogP contribution in [0.1, 0.15) is 61.1 Å². The van der Waals surface area contributed by atoms with Gasteiger partial charge in [0.15, 0.2) is 5.82 Å². The van der Waals surface area contributed by atoms with E-state index in [-0.39, 0.29) is 61.1 Å². The van der Waals surface area contributed by atoms with Gasteiger partial charge < -0.3 is 34.6 Å². The minimum atomic E-state index is -2.87. The summed E-state index contributed by atoms with van der Waals surface area (Å²) in [6.07, 6.45) is 0.701. The lowest BCUT2D eigenvalue weighted by atomic mass is 10.0. The Balaban J connectivity index is 1.29. The number of hydrogen-bond acceptors (Lipinski definition) is 7. The molecule has 250 valence electrons. The topological polar surface area (TPSA) is 130 Å². The number of halogens is 2. The zero-order chi connectivity index (χ0) is 33.2. The minimum absolute atomic E-state index is 0.0951. The minimum Gasteiger partial charge on any atom is -0.494 e. The Bertz CT molecular complexity index is 1870. The van der Waals surface area contributed by atoms with Crippen LogP contribution in [0.4, 0.5) is 8.78 Å². The summed E-state index contributed by atoms with van der Waals surface area (Å²) in [6.45, 7) is 3.07. The van der Waals surface area contributed by atoms with Crippen molar-refractivity contribution >= 4 is 33.9 Å². The molecular weight excluding hydrogens is 608 g/mol. The van der Waals surface area contributed by atoms with Crippen molar-refractivity contribution in [3.05, 3.63) is 41.6 Å². The maximum absolute atomic E-state index is 15.1. The van der Waals surface area contributed by atoms with Gasteiger partial charge in [0.05, 0.1) is 36.2 Å². The number of nitrogens with zero attached hydrogens (tertiary/aromatic N) is 5. The molecule has 1 aromatic carbocycles. The lowest BCUT2D eigenvalue weighted by molar-refractivity contribution is -0.123. The van der Waals surface area contributed by atoms with Gasteiger partial charge in [0.1, 0.15) is 16.9 Å². The highest BCUT2D eigenvalue weighted by Gasteiger charge is 2.48. The Morgan fingerprint density at radius 2 is 1.96 bits per heavy atom. The number of aryl methyl sites for hydroxylation is 2. The number of carbonyl (C=O) groups excluding carboxylic acids is 2. The fraction of sp³-hybridized carbons (Fsp3) is 0.529. The van der Waals surface area contributed by atoms with Crippen LogP contribution in [0.3, 0.4) is 0 Å². The van der Waals surface area contributed by atoms with Crippen LogP contribution >= 0.6 is 0 Å². The van der Waals surface area contributed by atoms with Crippen LogP contribution in [0.5, 0.6) is 5.75 Å². The molecule has 3 N–H and O–H groups in total. The van der Waals surface area contributed by atoms with Crippen molar-refractivity contribution in [2.24, 2.45) is 24.6 Å². The Morgan fingerprint density at radius 3 is 2.70 bits per heavy atom. The highest BCUT2D eigenvalue weighted by atomic mass is 19.3. The van der Waals surface area contributed by atoms with E-state index in [9.17, 15) is 9.59 Å². The summed E-state index contributed by atoms with van der Waals surface area (Å²) >= 11 is 0. The first kappa shape index (κ1) is 31.5. The molecule has 1 saturated heterocycles. The van der Waals surface area contributed by atoms with Crippen molar-refractivity contribution in [1.82, 2.24) is 29.3 Å². The number of likely N-dealkylation sites (tertiary alicyclic amines) is 1. The number of amides is 2. The average Bonchev–Trinajstić information content (AvgIpc) is 3.60. The van der Waals surface area contributed by atoms with Crippen molar-refractivity contribution in [2.75, 3.05) is 27.3 Å². The molecule has 1 saturated carbocycles. The first-order chi connectivity index (χ1) is 22.5. The lowest BCUT2D eigenvalue weighted by Gasteiger charge is -2.36. The molecular formula is C34H41F2N7O4. The third-order valence-electron chi connectivity index (χ3n) is 10.1. The van der Waals surface area contributed by atoms with E-state index >= 15 is 8.78 Å². The predicted octanol–water partition coefficient (Wildman–Crippen LogP) is 4.42. The molecule has 2 bridgehead atoms. The molecule has 2 amide bonds. The summed E-state index contributed by atoms with van der Waals surface area (Å²) in [6, 6.07) is 8.61. The van der Waals surface area contributed by atoms with Gasteiger partial charge >= 0.3 is 0 Å². The Hall–Kier alpha value is -4.10. The van der Waals surface area contributed by atoms with Gasteiger partial charge in [-0.25, -0.2) is 18.7 Å². The molecule has 2 aliphatic heterocycles. The normalized spacial score (nSPS) is 26.2. The summed E-state index contributed by atoms with van der Waals surface area (Å²) in [5, 5.41) is 3.82. The second-order valence-corrected chi connectivity index (χ2v) is 13.3. The van der Waals surface area contributed by atoms with Gasteiger partial charge in [-0.3, -0.25) is 9.59 Å². The number of hydrogen-bond donors (Lipinski definition) is 2. The van der Waals surface area contributed by atoms with Gasteiger partial charge in [0.2, 0.25) is 11.8 Å². The third kappa shape index (κ3) is 5.73. The van der Waals surface area contributed by atoms with Crippen LogP contribution in [-0.4, -0.2) is 81.2 Å². The van der Waals surface area contributed by atoms with Crippen molar-refractivity contribution in [2.45, 2.75) is 69.7 Å². The summed E-state index contributed by atoms with van der Waals surface area (Å²) in [5.41, 5.74) is 10.0. The standard InChI is InChI=1S/C34H41F2N7O4/c1-18-24-7-6-19-14-26(43(30(19)39-24)10-5-9-34(35,36)16-21-12-22(21)32(44)38-18)31-40-25-13-20(15-28(47-4)29(25)41(31)2)33(45)42-11-8-27(46-3)23(37)17-42/h6-7,13-15,18,21-23,27H,5,8-12,16-17,37H2,1-4H3,(H,38,44)/t18-,21-,22+,23+,27-/m1/s1. The monoisotopic (exact) mass is 649 g/mol. The van der Waals surface area contributed by atoms with Gasteiger partial charge in [-0.2, -0.15) is 0 Å². The van der Waals surface area contributed by atoms with Gasteiger partial charge in [-0.1, -0.05) is 0 Å². The fourth-order valence-electron chi connectivity index (χ4n) is 7.40. The molecule has 0 unspecified atom stereocenters. The van der Waals surface area contributed by atoms with Gasteiger partial charge in [-0.05, 0) is 62.4 Å². The Kier molecular flexibility index (Phi) is 7.94. The zero-order valence-electron chi connectivity index (χ0n) is 27.1. The number of ether oxygens (including phenoxy) is 2. The highest BCUT2D eigenvalue weighted by Crippen LogP contribution is 2.47. The molecule has 7 rings (SSSR count). The van der Waals surface area contributed by atoms with Crippen molar-refractivity contribution in [3.8, 4) is 17.3 Å². The quantitative estimate of drug-likeness (QED) is 0.335. The Labute approximate surface area is 271 Å². The van der Waals surface area contributed by atoms with Crippen LogP contribution in [0.25, 0.3) is 33.6 Å². The molecule has 3 aromatic heterocycles. The molecule has 5 heterocycles. The van der Waals surface area contributed by atoms with E-state index < -0.39 is 5.92 Å². The van der Waals surface area contributed by atoms with Crippen molar-refractivity contribution in [3.63, 3.8) is 0 Å². The second-order valence-electron chi connectivity index (χ2n) is 13.3. The summed E-state index contributed by atoms with van der Waals surface area (Å²) in [7, 11) is 5.05. The number of alkyl halides is 2. The fourth-order valence-corrected chi connectivity index (χ4v) is 7.40. The van der Waals surface area contributed by atoms with Crippen molar-refractivity contribution in [1.29, 1.82) is 0 Å². The first-order valence-corrected chi connectivity index (χ1v) is 16.3. The zero-order valence-corrected chi connectivity index (χ0v) is 27.1. The van der Waals surface area contributed by atoms with E-state index in [1.165, 1.54) is 0 Å². The largest absolute Gasteiger partial charge is 0.494 e. The van der Waals surface area contributed by atoms with E-state index in [1.54, 1.807) is 31.3 Å². The molecule has 4 aromatic rings. The van der Waals surface area contributed by atoms with E-state index in [1.807, 2.05) is 41.3 Å². The smallest absolute Gasteiger partial charge is 0.254 e. The summed E-state index contributed by atoms with van der Waals surface area (Å²) in [5.74, 6) is -2.81. The van der Waals surface area contributed by atoms with Crippen LogP contribution in [-0.2, 0) is 23.1 Å². The molecule has 47 heavy (non-hydrogen) atoms. The number of carbonyl (C=O) groups is 2. The average molecular weight is 650 g/mol. The Morgan fingerprint density at radius 1 is 1.15 bits per heavy atom. The van der Waals surface area contributed by atoms with Crippen LogP contribution in [0, 0.1) is 11.8 Å². The molecule has 13 heteroatoms. The summed E-state index contributed by atoms with van der Waals surface area (Å²) < 4.78 is 45.2. The van der Waals surface area contributed by atoms with E-state index in [4.69, 9.17) is 25.2 Å². The van der Waals surface area contributed by atoms with Crippen LogP contribution in [0.15, 0.2) is 30.3 Å². The van der Waals surface area contributed by atoms with Crippen LogP contribution < -0.4 is 15.8 Å². The lowest BCUT2D eigenvalue weighted by Crippen LogP contribution is -2.53. The maximum Gasteiger partial charge on any atom is 0.254 e. The SMILES string of the molecule is COc1cc(C(=O)N2CC[C@@H](OC)[C@@H](N)C2)cc2nc(-c3cc4ccc5nc4n3CCCC(F)(F)C[C@H]3C[C@@H]3C(=O)N[C@@H]5C)n(C)c12. The predicted molar refractivity (Wildman–Crippen MR) is 172 cm³/mol. The molecule has 3 aliphatic rings. The molecule has 11 nitrogen and oxygen atoms in total. The number of nitrogens with two attached hydrogens (primary N) is 1. The number of rotatable bonds is 4. The third-order valence-corrected chi connectivity index (χ3v) is 10.1. The first-order valence-electron chi connectivity index (χ1n) is 16.3. The number of methoxy groups -OCH3 is 2. The number of nitrogens with one attached hydrogen (secondary N) is 1. The number of imidazole rings is 1. The number of benzene rings is 1. The highest BCUT2D eigenvalue weighted by molar-refractivity contribution is 6.00. The number of pyridine rings is 1. The number of fused-ring (bicyclic) bond motifs is 3. The number of aromatic nitrogens is 4. The van der Waals surface area contributed by atoms with Gasteiger partial charge in [0.25, 0.3) is 5.91 Å². The molecule has 0 spiro atoms.